The van der Waals surface area contributed by atoms with Gasteiger partial charge in [0.15, 0.2) is 0 Å². The van der Waals surface area contributed by atoms with E-state index in [-0.39, 0.29) is 17.3 Å². The van der Waals surface area contributed by atoms with Crippen LogP contribution >= 0.6 is 15.9 Å². The zero-order valence-corrected chi connectivity index (χ0v) is 19.5. The Morgan fingerprint density at radius 2 is 1.47 bits per heavy atom. The van der Waals surface area contributed by atoms with E-state index in [1.54, 1.807) is 42.5 Å². The predicted molar refractivity (Wildman–Crippen MR) is 131 cm³/mol. The fraction of sp³-hybridized carbons (Fsp3) is 0.0800. The number of hydrogen-bond acceptors (Lipinski definition) is 3. The highest BCUT2D eigenvalue weighted by Gasteiger charge is 2.27. The number of hydrogen-bond donors (Lipinski definition) is 1. The second-order valence-electron chi connectivity index (χ2n) is 7.26. The Morgan fingerprint density at radius 1 is 0.812 bits per heavy atom. The molecule has 4 rings (SSSR count). The molecule has 0 aliphatic carbocycles. The highest BCUT2D eigenvalue weighted by atomic mass is 79.9. The highest BCUT2D eigenvalue weighted by Crippen LogP contribution is 2.25. The van der Waals surface area contributed by atoms with Gasteiger partial charge in [-0.25, -0.2) is 8.42 Å². The maximum Gasteiger partial charge on any atom is 0.264 e. The lowest BCUT2D eigenvalue weighted by molar-refractivity contribution is -0.119. The molecule has 5 nitrogen and oxygen atoms in total. The molecular formula is C25H21BrN2O3S. The van der Waals surface area contributed by atoms with Crippen LogP contribution in [0.5, 0.6) is 0 Å². The lowest BCUT2D eigenvalue weighted by Crippen LogP contribution is -2.40. The average molecular weight is 509 g/mol. The van der Waals surface area contributed by atoms with Crippen LogP contribution < -0.4 is 9.62 Å². The van der Waals surface area contributed by atoms with Gasteiger partial charge in [-0.1, -0.05) is 70.5 Å². The van der Waals surface area contributed by atoms with E-state index in [0.29, 0.717) is 12.2 Å². The number of sulfonamides is 1. The number of carbonyl (C=O) groups is 1. The summed E-state index contributed by atoms with van der Waals surface area (Å²) in [6.07, 6.45) is 0. The summed E-state index contributed by atoms with van der Waals surface area (Å²) in [6.45, 7) is -0.0182. The van der Waals surface area contributed by atoms with Crippen LogP contribution in [0.25, 0.3) is 10.8 Å². The van der Waals surface area contributed by atoms with E-state index in [1.165, 1.54) is 12.1 Å². The van der Waals surface area contributed by atoms with Crippen molar-refractivity contribution >= 4 is 48.3 Å². The number of anilines is 1. The van der Waals surface area contributed by atoms with Gasteiger partial charge in [0.05, 0.1) is 10.6 Å². The van der Waals surface area contributed by atoms with E-state index in [9.17, 15) is 13.2 Å². The molecule has 0 aliphatic rings. The van der Waals surface area contributed by atoms with Gasteiger partial charge in [-0.3, -0.25) is 9.10 Å². The molecule has 0 spiro atoms. The molecule has 0 aromatic heterocycles. The Hall–Kier alpha value is -3.16. The lowest BCUT2D eigenvalue weighted by Gasteiger charge is -2.24. The molecule has 4 aromatic carbocycles. The molecule has 0 saturated heterocycles. The summed E-state index contributed by atoms with van der Waals surface area (Å²) < 4.78 is 28.6. The van der Waals surface area contributed by atoms with E-state index >= 15 is 0 Å². The van der Waals surface area contributed by atoms with Gasteiger partial charge in [0.25, 0.3) is 10.0 Å². The number of amides is 1. The van der Waals surface area contributed by atoms with Crippen molar-refractivity contribution in [3.05, 3.63) is 107 Å². The van der Waals surface area contributed by atoms with Gasteiger partial charge < -0.3 is 5.32 Å². The number of rotatable bonds is 7. The molecule has 32 heavy (non-hydrogen) atoms. The lowest BCUT2D eigenvalue weighted by atomic mass is 10.1. The van der Waals surface area contributed by atoms with Gasteiger partial charge in [0.1, 0.15) is 6.54 Å². The third-order valence-electron chi connectivity index (χ3n) is 5.04. The molecule has 0 bridgehead atoms. The van der Waals surface area contributed by atoms with Crippen molar-refractivity contribution in [3.63, 3.8) is 0 Å². The molecule has 0 heterocycles. The summed E-state index contributed by atoms with van der Waals surface area (Å²) in [5, 5.41) is 5.05. The zero-order valence-electron chi connectivity index (χ0n) is 17.1. The first-order valence-corrected chi connectivity index (χ1v) is 12.2. The number of nitrogens with one attached hydrogen (secondary N) is 1. The van der Waals surface area contributed by atoms with Crippen molar-refractivity contribution in [2.45, 2.75) is 11.4 Å². The van der Waals surface area contributed by atoms with E-state index in [0.717, 1.165) is 25.1 Å². The molecule has 162 valence electrons. The molecule has 1 N–H and O–H groups in total. The summed E-state index contributed by atoms with van der Waals surface area (Å²) in [5.74, 6) is -0.388. The fourth-order valence-electron chi connectivity index (χ4n) is 3.38. The number of halogens is 1. The molecule has 0 atom stereocenters. The first-order valence-electron chi connectivity index (χ1n) is 10.0. The van der Waals surface area contributed by atoms with E-state index < -0.39 is 10.0 Å². The Labute approximate surface area is 195 Å². The summed E-state index contributed by atoms with van der Waals surface area (Å²) in [5.41, 5.74) is 1.36. The van der Waals surface area contributed by atoms with Crippen LogP contribution in [0.1, 0.15) is 5.56 Å². The largest absolute Gasteiger partial charge is 0.350 e. The predicted octanol–water partition coefficient (Wildman–Crippen LogP) is 5.11. The number of nitrogens with zero attached hydrogens (tertiary/aromatic N) is 1. The molecule has 1 amide bonds. The molecule has 0 fully saturated rings. The summed E-state index contributed by atoms with van der Waals surface area (Å²) in [4.78, 5) is 12.9. The van der Waals surface area contributed by atoms with Crippen LogP contribution in [0.4, 0.5) is 5.69 Å². The molecule has 0 unspecified atom stereocenters. The van der Waals surface area contributed by atoms with Crippen LogP contribution in [0.2, 0.25) is 0 Å². The Bertz CT molecular complexity index is 1340. The zero-order chi connectivity index (χ0) is 22.6. The van der Waals surface area contributed by atoms with Crippen molar-refractivity contribution in [2.75, 3.05) is 10.8 Å². The summed E-state index contributed by atoms with van der Waals surface area (Å²) in [7, 11) is -3.92. The SMILES string of the molecule is O=C(CN(c1ccc(Br)cc1)S(=O)(=O)c1ccccc1)NCc1ccc2ccccc2c1. The standard InChI is InChI=1S/C25H21BrN2O3S/c26-22-12-14-23(15-13-22)28(32(30,31)24-8-2-1-3-9-24)18-25(29)27-17-19-10-11-20-6-4-5-7-21(20)16-19/h1-16H,17-18H2,(H,27,29). The van der Waals surface area contributed by atoms with Crippen LogP contribution in [0, 0.1) is 0 Å². The molecule has 7 heteroatoms. The minimum absolute atomic E-state index is 0.130. The Kier molecular flexibility index (Phi) is 6.58. The second-order valence-corrected chi connectivity index (χ2v) is 10.0. The summed E-state index contributed by atoms with van der Waals surface area (Å²) in [6, 6.07) is 28.9. The number of fused-ring (bicyclic) bond motifs is 1. The van der Waals surface area contributed by atoms with Gasteiger partial charge in [-0.2, -0.15) is 0 Å². The minimum atomic E-state index is -3.92. The quantitative estimate of drug-likeness (QED) is 0.377. The molecule has 0 saturated carbocycles. The van der Waals surface area contributed by atoms with Gasteiger partial charge in [0, 0.05) is 11.0 Å². The smallest absolute Gasteiger partial charge is 0.264 e. The average Bonchev–Trinajstić information content (AvgIpc) is 2.82. The van der Waals surface area contributed by atoms with Gasteiger partial charge >= 0.3 is 0 Å². The molecule has 4 aromatic rings. The normalized spacial score (nSPS) is 11.3. The maximum absolute atomic E-state index is 13.3. The van der Waals surface area contributed by atoms with Crippen LogP contribution in [0.3, 0.4) is 0 Å². The van der Waals surface area contributed by atoms with E-state index in [1.807, 2.05) is 42.5 Å². The Balaban J connectivity index is 1.54. The topological polar surface area (TPSA) is 66.5 Å². The van der Waals surface area contributed by atoms with Crippen molar-refractivity contribution in [2.24, 2.45) is 0 Å². The van der Waals surface area contributed by atoms with Crippen LogP contribution in [0.15, 0.2) is 106 Å². The van der Waals surface area contributed by atoms with Gasteiger partial charge in [-0.15, -0.1) is 0 Å². The van der Waals surface area contributed by atoms with Crippen molar-refractivity contribution < 1.29 is 13.2 Å². The third-order valence-corrected chi connectivity index (χ3v) is 7.35. The van der Waals surface area contributed by atoms with E-state index in [4.69, 9.17) is 0 Å². The molecular weight excluding hydrogens is 488 g/mol. The maximum atomic E-state index is 13.3. The monoisotopic (exact) mass is 508 g/mol. The minimum Gasteiger partial charge on any atom is -0.350 e. The number of carbonyl (C=O) groups excluding carboxylic acids is 1. The first kappa shape index (κ1) is 22.0. The van der Waals surface area contributed by atoms with Crippen LogP contribution in [-0.4, -0.2) is 20.9 Å². The van der Waals surface area contributed by atoms with Gasteiger partial charge in [-0.05, 0) is 58.8 Å². The Morgan fingerprint density at radius 3 is 2.19 bits per heavy atom. The van der Waals surface area contributed by atoms with Crippen molar-refractivity contribution in [3.8, 4) is 0 Å². The highest BCUT2D eigenvalue weighted by molar-refractivity contribution is 9.10. The number of benzene rings is 4. The molecule has 0 radical (unpaired) electrons. The van der Waals surface area contributed by atoms with E-state index in [2.05, 4.69) is 21.2 Å². The fourth-order valence-corrected chi connectivity index (χ4v) is 5.08. The molecule has 0 aliphatic heterocycles. The van der Waals surface area contributed by atoms with Crippen molar-refractivity contribution in [1.82, 2.24) is 5.32 Å². The van der Waals surface area contributed by atoms with Crippen molar-refractivity contribution in [1.29, 1.82) is 0 Å². The van der Waals surface area contributed by atoms with Crippen LogP contribution in [-0.2, 0) is 21.4 Å². The first-order chi connectivity index (χ1) is 15.4. The second kappa shape index (κ2) is 9.54. The van der Waals surface area contributed by atoms with Gasteiger partial charge in [0.2, 0.25) is 5.91 Å². The third kappa shape index (κ3) is 5.00. The summed E-state index contributed by atoms with van der Waals surface area (Å²) >= 11 is 3.36.